The van der Waals surface area contributed by atoms with E-state index in [1.54, 1.807) is 24.3 Å². The van der Waals surface area contributed by atoms with Gasteiger partial charge in [-0.3, -0.25) is 0 Å². The van der Waals surface area contributed by atoms with Gasteiger partial charge in [-0.1, -0.05) is 18.2 Å². The molecule has 21 heavy (non-hydrogen) atoms. The van der Waals surface area contributed by atoms with Gasteiger partial charge in [-0.05, 0) is 43.2 Å². The molecular weight excluding hydrogens is 274 g/mol. The van der Waals surface area contributed by atoms with Crippen molar-refractivity contribution >= 4 is 0 Å². The van der Waals surface area contributed by atoms with Crippen molar-refractivity contribution in [1.29, 1.82) is 0 Å². The molecule has 0 amide bonds. The maximum absolute atomic E-state index is 13.6. The van der Waals surface area contributed by atoms with Gasteiger partial charge in [-0.15, -0.1) is 0 Å². The zero-order chi connectivity index (χ0) is 15.4. The van der Waals surface area contributed by atoms with Gasteiger partial charge in [0.05, 0.1) is 12.2 Å². The maximum Gasteiger partial charge on any atom is 0.129 e. The number of hydrogen-bond acceptors (Lipinski definition) is 2. The van der Waals surface area contributed by atoms with Crippen LogP contribution in [0.5, 0.6) is 5.75 Å². The molecule has 0 saturated heterocycles. The first kappa shape index (κ1) is 15.4. The molecule has 0 fully saturated rings. The van der Waals surface area contributed by atoms with Gasteiger partial charge in [0, 0.05) is 12.5 Å². The lowest BCUT2D eigenvalue weighted by Crippen LogP contribution is -2.07. The van der Waals surface area contributed by atoms with E-state index in [9.17, 15) is 13.9 Å². The lowest BCUT2D eigenvalue weighted by Gasteiger charge is -2.15. The first-order chi connectivity index (χ1) is 9.95. The minimum Gasteiger partial charge on any atom is -0.491 e. The summed E-state index contributed by atoms with van der Waals surface area (Å²) in [5.74, 6) is -0.622. The monoisotopic (exact) mass is 292 g/mol. The predicted molar refractivity (Wildman–Crippen MR) is 77.2 cm³/mol. The zero-order valence-corrected chi connectivity index (χ0v) is 12.0. The Balaban J connectivity index is 2.14. The van der Waals surface area contributed by atoms with Crippen molar-refractivity contribution in [2.24, 2.45) is 0 Å². The Morgan fingerprint density at radius 3 is 2.52 bits per heavy atom. The summed E-state index contributed by atoms with van der Waals surface area (Å²) in [5.41, 5.74) is 0.913. The second kappa shape index (κ2) is 6.68. The molecule has 0 radical (unpaired) electrons. The molecule has 0 bridgehead atoms. The molecule has 2 aromatic rings. The average molecular weight is 292 g/mol. The Hall–Kier alpha value is -1.94. The topological polar surface area (TPSA) is 29.5 Å². The van der Waals surface area contributed by atoms with Crippen LogP contribution < -0.4 is 4.74 Å². The predicted octanol–water partition coefficient (Wildman–Crippen LogP) is 4.03. The standard InChI is InChI=1S/C17H18F2O2/c1-11(2)21-15-5-3-4-13(8-15)17(20)9-12-6-7-14(18)10-16(12)19/h3-8,10-11,17,20H,9H2,1-2H3. The van der Waals surface area contributed by atoms with Crippen molar-refractivity contribution < 1.29 is 18.6 Å². The average Bonchev–Trinajstić information content (AvgIpc) is 2.41. The van der Waals surface area contributed by atoms with Crippen molar-refractivity contribution in [3.05, 3.63) is 65.2 Å². The molecule has 0 saturated carbocycles. The summed E-state index contributed by atoms with van der Waals surface area (Å²) < 4.78 is 32.0. The third-order valence-electron chi connectivity index (χ3n) is 3.04. The van der Waals surface area contributed by atoms with E-state index < -0.39 is 17.7 Å². The van der Waals surface area contributed by atoms with Crippen LogP contribution in [-0.4, -0.2) is 11.2 Å². The van der Waals surface area contributed by atoms with E-state index in [2.05, 4.69) is 0 Å². The number of ether oxygens (including phenoxy) is 1. The van der Waals surface area contributed by atoms with Crippen LogP contribution in [0.2, 0.25) is 0 Å². The molecule has 4 heteroatoms. The fourth-order valence-electron chi connectivity index (χ4n) is 2.08. The molecule has 0 aromatic heterocycles. The Bertz CT molecular complexity index is 611. The largest absolute Gasteiger partial charge is 0.491 e. The molecule has 1 atom stereocenters. The highest BCUT2D eigenvalue weighted by Crippen LogP contribution is 2.24. The van der Waals surface area contributed by atoms with E-state index in [0.29, 0.717) is 11.3 Å². The van der Waals surface area contributed by atoms with Gasteiger partial charge >= 0.3 is 0 Å². The number of benzene rings is 2. The van der Waals surface area contributed by atoms with Gasteiger partial charge in [-0.25, -0.2) is 8.78 Å². The zero-order valence-electron chi connectivity index (χ0n) is 12.0. The third-order valence-corrected chi connectivity index (χ3v) is 3.04. The molecule has 0 aliphatic heterocycles. The fourth-order valence-corrected chi connectivity index (χ4v) is 2.08. The normalized spacial score (nSPS) is 12.5. The Morgan fingerprint density at radius 1 is 1.10 bits per heavy atom. The van der Waals surface area contributed by atoms with Gasteiger partial charge in [0.15, 0.2) is 0 Å². The molecule has 0 aliphatic rings. The summed E-state index contributed by atoms with van der Waals surface area (Å²) in [6.07, 6.45) is -0.760. The van der Waals surface area contributed by atoms with Crippen molar-refractivity contribution in [2.45, 2.75) is 32.5 Å². The number of hydrogen-bond donors (Lipinski definition) is 1. The maximum atomic E-state index is 13.6. The highest BCUT2D eigenvalue weighted by atomic mass is 19.1. The molecule has 2 aromatic carbocycles. The van der Waals surface area contributed by atoms with Crippen molar-refractivity contribution in [3.8, 4) is 5.75 Å². The molecule has 2 rings (SSSR count). The van der Waals surface area contributed by atoms with Crippen molar-refractivity contribution in [2.75, 3.05) is 0 Å². The molecule has 0 aliphatic carbocycles. The van der Waals surface area contributed by atoms with E-state index in [1.165, 1.54) is 12.1 Å². The summed E-state index contributed by atoms with van der Waals surface area (Å²) >= 11 is 0. The Morgan fingerprint density at radius 2 is 1.86 bits per heavy atom. The molecule has 1 unspecified atom stereocenters. The first-order valence-electron chi connectivity index (χ1n) is 6.84. The van der Waals surface area contributed by atoms with Crippen LogP contribution in [0, 0.1) is 11.6 Å². The molecule has 0 spiro atoms. The number of halogens is 2. The minimum absolute atomic E-state index is 0.0342. The molecule has 1 N–H and O–H groups in total. The van der Waals surface area contributed by atoms with Gasteiger partial charge < -0.3 is 9.84 Å². The van der Waals surface area contributed by atoms with Crippen LogP contribution in [0.3, 0.4) is 0 Å². The molecule has 0 heterocycles. The van der Waals surface area contributed by atoms with Crippen LogP contribution in [-0.2, 0) is 6.42 Å². The van der Waals surface area contributed by atoms with Crippen molar-refractivity contribution in [1.82, 2.24) is 0 Å². The van der Waals surface area contributed by atoms with Crippen LogP contribution in [0.4, 0.5) is 8.78 Å². The van der Waals surface area contributed by atoms with E-state index in [-0.39, 0.29) is 18.1 Å². The van der Waals surface area contributed by atoms with Crippen molar-refractivity contribution in [3.63, 3.8) is 0 Å². The van der Waals surface area contributed by atoms with Crippen LogP contribution in [0.1, 0.15) is 31.1 Å². The minimum atomic E-state index is -0.874. The van der Waals surface area contributed by atoms with E-state index in [0.717, 1.165) is 6.07 Å². The van der Waals surface area contributed by atoms with E-state index in [4.69, 9.17) is 4.74 Å². The quantitative estimate of drug-likeness (QED) is 0.901. The number of aliphatic hydroxyl groups excluding tert-OH is 1. The Labute approximate surface area is 123 Å². The summed E-state index contributed by atoms with van der Waals surface area (Å²) in [5, 5.41) is 10.2. The third kappa shape index (κ3) is 4.26. The lowest BCUT2D eigenvalue weighted by atomic mass is 10.0. The smallest absolute Gasteiger partial charge is 0.129 e. The summed E-state index contributed by atoms with van der Waals surface area (Å²) in [7, 11) is 0. The highest BCUT2D eigenvalue weighted by Gasteiger charge is 2.13. The first-order valence-corrected chi connectivity index (χ1v) is 6.84. The summed E-state index contributed by atoms with van der Waals surface area (Å²) in [4.78, 5) is 0. The summed E-state index contributed by atoms with van der Waals surface area (Å²) in [6.45, 7) is 3.83. The fraction of sp³-hybridized carbons (Fsp3) is 0.294. The molecule has 112 valence electrons. The lowest BCUT2D eigenvalue weighted by molar-refractivity contribution is 0.175. The molecular formula is C17H18F2O2. The SMILES string of the molecule is CC(C)Oc1cccc(C(O)Cc2ccc(F)cc2F)c1. The van der Waals surface area contributed by atoms with Gasteiger partial charge in [-0.2, -0.15) is 0 Å². The van der Waals surface area contributed by atoms with Crippen LogP contribution in [0.15, 0.2) is 42.5 Å². The van der Waals surface area contributed by atoms with Crippen LogP contribution in [0.25, 0.3) is 0 Å². The number of aliphatic hydroxyl groups is 1. The van der Waals surface area contributed by atoms with E-state index in [1.807, 2.05) is 13.8 Å². The molecule has 2 nitrogen and oxygen atoms in total. The number of rotatable bonds is 5. The van der Waals surface area contributed by atoms with Gasteiger partial charge in [0.2, 0.25) is 0 Å². The second-order valence-corrected chi connectivity index (χ2v) is 5.19. The highest BCUT2D eigenvalue weighted by molar-refractivity contribution is 5.31. The second-order valence-electron chi connectivity index (χ2n) is 5.19. The Kier molecular flexibility index (Phi) is 4.91. The van der Waals surface area contributed by atoms with Crippen LogP contribution >= 0.6 is 0 Å². The summed E-state index contributed by atoms with van der Waals surface area (Å²) in [6, 6.07) is 10.4. The van der Waals surface area contributed by atoms with E-state index >= 15 is 0 Å². The van der Waals surface area contributed by atoms with Gasteiger partial charge in [0.1, 0.15) is 17.4 Å². The van der Waals surface area contributed by atoms with Gasteiger partial charge in [0.25, 0.3) is 0 Å².